The van der Waals surface area contributed by atoms with Gasteiger partial charge in [-0.25, -0.2) is 8.78 Å². The first-order chi connectivity index (χ1) is 8.11. The zero-order chi connectivity index (χ0) is 12.4. The summed E-state index contributed by atoms with van der Waals surface area (Å²) in [6, 6.07) is 3.48. The average molecular weight is 258 g/mol. The average Bonchev–Trinajstić information content (AvgIpc) is 2.64. The molecule has 0 spiro atoms. The van der Waals surface area contributed by atoms with Crippen LogP contribution in [0.15, 0.2) is 18.2 Å². The Morgan fingerprint density at radius 2 is 1.94 bits per heavy atom. The third-order valence-corrected chi connectivity index (χ3v) is 2.78. The van der Waals surface area contributed by atoms with Crippen molar-refractivity contribution in [3.05, 3.63) is 47.0 Å². The summed E-state index contributed by atoms with van der Waals surface area (Å²) in [5.41, 5.74) is 0.378. The van der Waals surface area contributed by atoms with Crippen LogP contribution in [0.25, 0.3) is 0 Å². The first-order valence-electron chi connectivity index (χ1n) is 4.99. The molecular formula is C11H10ClF2N3. The predicted octanol–water partition coefficient (Wildman–Crippen LogP) is 2.42. The van der Waals surface area contributed by atoms with E-state index in [1.807, 2.05) is 0 Å². The van der Waals surface area contributed by atoms with Crippen molar-refractivity contribution in [3.8, 4) is 0 Å². The van der Waals surface area contributed by atoms with Gasteiger partial charge in [-0.15, -0.1) is 21.8 Å². The van der Waals surface area contributed by atoms with Gasteiger partial charge in [0.2, 0.25) is 0 Å². The van der Waals surface area contributed by atoms with Crippen LogP contribution in [-0.4, -0.2) is 14.8 Å². The van der Waals surface area contributed by atoms with Crippen molar-refractivity contribution in [3.63, 3.8) is 0 Å². The molecule has 17 heavy (non-hydrogen) atoms. The van der Waals surface area contributed by atoms with Crippen molar-refractivity contribution in [2.45, 2.75) is 12.3 Å². The van der Waals surface area contributed by atoms with E-state index in [-0.39, 0.29) is 12.3 Å². The molecule has 0 aliphatic carbocycles. The van der Waals surface area contributed by atoms with E-state index in [1.54, 1.807) is 11.6 Å². The lowest BCUT2D eigenvalue weighted by atomic mass is 10.1. The molecule has 1 aromatic heterocycles. The number of hydrogen-bond donors (Lipinski definition) is 0. The van der Waals surface area contributed by atoms with Gasteiger partial charge in [0, 0.05) is 19.5 Å². The maximum atomic E-state index is 13.4. The summed E-state index contributed by atoms with van der Waals surface area (Å²) >= 11 is 5.65. The van der Waals surface area contributed by atoms with E-state index >= 15 is 0 Å². The fourth-order valence-electron chi connectivity index (χ4n) is 1.50. The highest BCUT2D eigenvalue weighted by Crippen LogP contribution is 2.14. The Morgan fingerprint density at radius 3 is 2.53 bits per heavy atom. The Labute approximate surface area is 102 Å². The van der Waals surface area contributed by atoms with Gasteiger partial charge < -0.3 is 4.57 Å². The number of alkyl halides is 1. The molecule has 3 nitrogen and oxygen atoms in total. The second kappa shape index (κ2) is 4.79. The van der Waals surface area contributed by atoms with Crippen LogP contribution in [0.4, 0.5) is 8.78 Å². The molecule has 1 heterocycles. The van der Waals surface area contributed by atoms with Crippen LogP contribution in [0.5, 0.6) is 0 Å². The normalized spacial score (nSPS) is 10.8. The van der Waals surface area contributed by atoms with Crippen molar-refractivity contribution >= 4 is 11.6 Å². The Bertz CT molecular complexity index is 540. The van der Waals surface area contributed by atoms with E-state index in [0.29, 0.717) is 17.2 Å². The molecule has 0 saturated heterocycles. The fraction of sp³-hybridized carbons (Fsp3) is 0.273. The van der Waals surface area contributed by atoms with Gasteiger partial charge in [-0.1, -0.05) is 6.07 Å². The van der Waals surface area contributed by atoms with Crippen molar-refractivity contribution < 1.29 is 8.78 Å². The molecule has 0 unspecified atom stereocenters. The second-order valence-corrected chi connectivity index (χ2v) is 3.90. The Balaban J connectivity index is 2.28. The van der Waals surface area contributed by atoms with Crippen LogP contribution >= 0.6 is 11.6 Å². The van der Waals surface area contributed by atoms with Gasteiger partial charge in [-0.3, -0.25) is 0 Å². The van der Waals surface area contributed by atoms with Crippen LogP contribution in [0.3, 0.4) is 0 Å². The fourth-order valence-corrected chi connectivity index (χ4v) is 1.74. The van der Waals surface area contributed by atoms with Gasteiger partial charge in [-0.05, 0) is 11.6 Å². The zero-order valence-corrected chi connectivity index (χ0v) is 9.88. The highest BCUT2D eigenvalue weighted by atomic mass is 35.5. The third-order valence-electron chi connectivity index (χ3n) is 2.54. The number of halogens is 3. The summed E-state index contributed by atoms with van der Waals surface area (Å²) in [7, 11) is 1.76. The molecule has 0 fully saturated rings. The molecule has 0 atom stereocenters. The van der Waals surface area contributed by atoms with Crippen LogP contribution in [0.1, 0.15) is 17.2 Å². The maximum absolute atomic E-state index is 13.4. The third kappa shape index (κ3) is 2.44. The lowest BCUT2D eigenvalue weighted by Gasteiger charge is -2.04. The van der Waals surface area contributed by atoms with Gasteiger partial charge in [0.15, 0.2) is 0 Å². The van der Waals surface area contributed by atoms with Gasteiger partial charge in [0.1, 0.15) is 23.3 Å². The summed E-state index contributed by atoms with van der Waals surface area (Å²) in [5, 5.41) is 7.78. The second-order valence-electron chi connectivity index (χ2n) is 3.64. The summed E-state index contributed by atoms with van der Waals surface area (Å²) < 4.78 is 27.9. The molecule has 0 aliphatic heterocycles. The Hall–Kier alpha value is -1.49. The molecule has 0 aliphatic rings. The first kappa shape index (κ1) is 12.0. The Morgan fingerprint density at radius 1 is 1.24 bits per heavy atom. The molecule has 90 valence electrons. The molecular weight excluding hydrogens is 248 g/mol. The summed E-state index contributed by atoms with van der Waals surface area (Å²) in [4.78, 5) is 0. The summed E-state index contributed by atoms with van der Waals surface area (Å²) in [5.74, 6) is 0.275. The number of nitrogens with zero attached hydrogens (tertiary/aromatic N) is 3. The Kier molecular flexibility index (Phi) is 3.38. The molecule has 2 rings (SSSR count). The summed E-state index contributed by atoms with van der Waals surface area (Å²) in [6.07, 6.45) is 0.256. The van der Waals surface area contributed by atoms with Crippen molar-refractivity contribution in [1.29, 1.82) is 0 Å². The molecule has 2 aromatic rings. The van der Waals surface area contributed by atoms with Crippen LogP contribution < -0.4 is 0 Å². The van der Waals surface area contributed by atoms with E-state index < -0.39 is 11.6 Å². The predicted molar refractivity (Wildman–Crippen MR) is 59.7 cm³/mol. The van der Waals surface area contributed by atoms with E-state index in [9.17, 15) is 8.78 Å². The lowest BCUT2D eigenvalue weighted by Crippen LogP contribution is -2.03. The minimum absolute atomic E-state index is 0.245. The largest absolute Gasteiger partial charge is 0.317 e. The zero-order valence-electron chi connectivity index (χ0n) is 9.12. The van der Waals surface area contributed by atoms with Crippen LogP contribution in [0, 0.1) is 11.6 Å². The van der Waals surface area contributed by atoms with Gasteiger partial charge >= 0.3 is 0 Å². The highest BCUT2D eigenvalue weighted by Gasteiger charge is 2.11. The maximum Gasteiger partial charge on any atom is 0.147 e. The molecule has 0 N–H and O–H groups in total. The van der Waals surface area contributed by atoms with Gasteiger partial charge in [0.05, 0.1) is 5.88 Å². The summed E-state index contributed by atoms with van der Waals surface area (Å²) in [6.45, 7) is 0. The minimum Gasteiger partial charge on any atom is -0.317 e. The molecule has 0 radical (unpaired) electrons. The van der Waals surface area contributed by atoms with Crippen LogP contribution in [-0.2, 0) is 19.3 Å². The van der Waals surface area contributed by atoms with Crippen LogP contribution in [0.2, 0.25) is 0 Å². The molecule has 1 aromatic carbocycles. The van der Waals surface area contributed by atoms with Crippen molar-refractivity contribution in [2.75, 3.05) is 0 Å². The monoisotopic (exact) mass is 257 g/mol. The standard InChI is InChI=1S/C11H10ClF2N3/c1-17-10(15-16-11(17)6-12)4-7-2-3-8(13)5-9(7)14/h2-3,5H,4,6H2,1H3. The lowest BCUT2D eigenvalue weighted by molar-refractivity contribution is 0.572. The number of rotatable bonds is 3. The van der Waals surface area contributed by atoms with Gasteiger partial charge in [0.25, 0.3) is 0 Å². The first-order valence-corrected chi connectivity index (χ1v) is 5.52. The van der Waals surface area contributed by atoms with E-state index in [2.05, 4.69) is 10.2 Å². The topological polar surface area (TPSA) is 30.7 Å². The minimum atomic E-state index is -0.592. The van der Waals surface area contributed by atoms with Crippen molar-refractivity contribution in [1.82, 2.24) is 14.8 Å². The van der Waals surface area contributed by atoms with E-state index in [0.717, 1.165) is 6.07 Å². The quantitative estimate of drug-likeness (QED) is 0.791. The smallest absolute Gasteiger partial charge is 0.147 e. The number of aromatic nitrogens is 3. The van der Waals surface area contributed by atoms with Gasteiger partial charge in [-0.2, -0.15) is 0 Å². The highest BCUT2D eigenvalue weighted by molar-refractivity contribution is 6.16. The number of benzene rings is 1. The number of hydrogen-bond acceptors (Lipinski definition) is 2. The molecule has 0 bridgehead atoms. The molecule has 0 amide bonds. The van der Waals surface area contributed by atoms with Crippen molar-refractivity contribution in [2.24, 2.45) is 7.05 Å². The van der Waals surface area contributed by atoms with E-state index in [1.165, 1.54) is 12.1 Å². The molecule has 0 saturated carbocycles. The SMILES string of the molecule is Cn1c(CCl)nnc1Cc1ccc(F)cc1F. The molecule has 6 heteroatoms. The van der Waals surface area contributed by atoms with E-state index in [4.69, 9.17) is 11.6 Å².